The Morgan fingerprint density at radius 1 is 1.24 bits per heavy atom. The maximum Gasteiger partial charge on any atom is 0.213 e. The molecule has 2 aromatic rings. The van der Waals surface area contributed by atoms with Crippen LogP contribution < -0.4 is 10.1 Å². The van der Waals surface area contributed by atoms with Gasteiger partial charge in [-0.25, -0.2) is 4.98 Å². The van der Waals surface area contributed by atoms with Gasteiger partial charge in [0.1, 0.15) is 5.76 Å². The summed E-state index contributed by atoms with van der Waals surface area (Å²) in [5.74, 6) is 1.15. The molecule has 136 valence electrons. The van der Waals surface area contributed by atoms with E-state index in [9.17, 15) is 10.2 Å². The number of nitrogens with one attached hydrogen (secondary N) is 1. The first-order valence-corrected chi connectivity index (χ1v) is 8.53. The lowest BCUT2D eigenvalue weighted by molar-refractivity contribution is 0.00171. The highest BCUT2D eigenvalue weighted by Crippen LogP contribution is 2.28. The molecule has 0 radical (unpaired) electrons. The molecule has 0 spiro atoms. The van der Waals surface area contributed by atoms with Gasteiger partial charge in [0.15, 0.2) is 0 Å². The lowest BCUT2D eigenvalue weighted by Gasteiger charge is -2.18. The number of aliphatic hydroxyl groups is 2. The molecule has 0 bridgehead atoms. The van der Waals surface area contributed by atoms with Gasteiger partial charge >= 0.3 is 0 Å². The molecule has 4 atom stereocenters. The summed E-state index contributed by atoms with van der Waals surface area (Å²) in [6.07, 6.45) is -1.04. The minimum Gasteiger partial charge on any atom is -0.477 e. The zero-order valence-electron chi connectivity index (χ0n) is 14.8. The van der Waals surface area contributed by atoms with Crippen molar-refractivity contribution in [2.75, 3.05) is 6.61 Å². The third-order valence-electron chi connectivity index (χ3n) is 4.83. The van der Waals surface area contributed by atoms with Crippen molar-refractivity contribution in [3.8, 4) is 5.88 Å². The molecule has 7 heteroatoms. The number of aryl methyl sites for hydroxylation is 3. The number of aliphatic hydroxyl groups excluding tert-OH is 2. The predicted molar refractivity (Wildman–Crippen MR) is 91.2 cm³/mol. The number of rotatable bonds is 6. The molecule has 3 N–H and O–H groups in total. The number of hydrogen-bond donors (Lipinski definition) is 3. The topological polar surface area (TPSA) is 101 Å². The van der Waals surface area contributed by atoms with Crippen LogP contribution in [-0.2, 0) is 6.54 Å². The number of nitrogens with zero attached hydrogens (tertiary/aromatic N) is 2. The van der Waals surface area contributed by atoms with Gasteiger partial charge in [-0.3, -0.25) is 0 Å². The molecule has 7 nitrogen and oxygen atoms in total. The zero-order chi connectivity index (χ0) is 18.0. The molecule has 0 saturated heterocycles. The summed E-state index contributed by atoms with van der Waals surface area (Å²) in [6, 6.07) is 5.36. The number of aromatic nitrogens is 2. The van der Waals surface area contributed by atoms with Gasteiger partial charge in [-0.1, -0.05) is 11.2 Å². The van der Waals surface area contributed by atoms with E-state index in [4.69, 9.17) is 9.26 Å². The van der Waals surface area contributed by atoms with Crippen LogP contribution >= 0.6 is 0 Å². The molecule has 0 amide bonds. The second-order valence-corrected chi connectivity index (χ2v) is 6.70. The minimum atomic E-state index is -0.834. The van der Waals surface area contributed by atoms with Crippen molar-refractivity contribution in [1.29, 1.82) is 0 Å². The van der Waals surface area contributed by atoms with E-state index in [0.717, 1.165) is 22.7 Å². The lowest BCUT2D eigenvalue weighted by atomic mass is 10.1. The van der Waals surface area contributed by atoms with Gasteiger partial charge in [-0.15, -0.1) is 0 Å². The Bertz CT molecular complexity index is 699. The predicted octanol–water partition coefficient (Wildman–Crippen LogP) is 1.27. The molecular weight excluding hydrogens is 322 g/mol. The van der Waals surface area contributed by atoms with E-state index >= 15 is 0 Å². The van der Waals surface area contributed by atoms with Gasteiger partial charge in [0, 0.05) is 35.8 Å². The van der Waals surface area contributed by atoms with Crippen molar-refractivity contribution in [1.82, 2.24) is 15.5 Å². The van der Waals surface area contributed by atoms with Gasteiger partial charge in [-0.2, -0.15) is 0 Å². The van der Waals surface area contributed by atoms with Crippen molar-refractivity contribution in [2.24, 2.45) is 5.92 Å². The van der Waals surface area contributed by atoms with E-state index in [1.165, 1.54) is 0 Å². The summed E-state index contributed by atoms with van der Waals surface area (Å²) in [5, 5.41) is 27.8. The standard InChI is InChI=1S/C18H25N3O4/c1-10-5-4-6-16(20-10)24-9-13-7-15(18(23)17(13)22)19-8-14-11(2)21-25-12(14)3/h4-6,13,15,17-19,22-23H,7-9H2,1-3H3/t13-,15-,17-,18+/m1/s1. The average molecular weight is 347 g/mol. The van der Waals surface area contributed by atoms with E-state index in [-0.39, 0.29) is 12.0 Å². The van der Waals surface area contributed by atoms with Crippen LogP contribution in [-0.4, -0.2) is 45.2 Å². The largest absolute Gasteiger partial charge is 0.477 e. The fraction of sp³-hybridized carbons (Fsp3) is 0.556. The first-order valence-electron chi connectivity index (χ1n) is 8.53. The van der Waals surface area contributed by atoms with Gasteiger partial charge < -0.3 is 24.8 Å². The summed E-state index contributed by atoms with van der Waals surface area (Å²) in [7, 11) is 0. The maximum atomic E-state index is 10.3. The van der Waals surface area contributed by atoms with Crippen LogP contribution in [0.4, 0.5) is 0 Å². The highest BCUT2D eigenvalue weighted by Gasteiger charge is 2.41. The molecule has 3 rings (SSSR count). The van der Waals surface area contributed by atoms with Gasteiger partial charge in [0.25, 0.3) is 0 Å². The fourth-order valence-electron chi connectivity index (χ4n) is 3.27. The highest BCUT2D eigenvalue weighted by molar-refractivity contribution is 5.20. The van der Waals surface area contributed by atoms with Crippen LogP contribution in [0.3, 0.4) is 0 Å². The third-order valence-corrected chi connectivity index (χ3v) is 4.83. The van der Waals surface area contributed by atoms with Crippen molar-refractivity contribution < 1.29 is 19.5 Å². The van der Waals surface area contributed by atoms with E-state index < -0.39 is 12.2 Å². The molecule has 1 aliphatic carbocycles. The van der Waals surface area contributed by atoms with Crippen LogP contribution in [0, 0.1) is 26.7 Å². The van der Waals surface area contributed by atoms with Gasteiger partial charge in [-0.05, 0) is 33.3 Å². The van der Waals surface area contributed by atoms with Crippen molar-refractivity contribution >= 4 is 0 Å². The Balaban J connectivity index is 1.55. The second-order valence-electron chi connectivity index (χ2n) is 6.70. The van der Waals surface area contributed by atoms with Crippen LogP contribution in [0.5, 0.6) is 5.88 Å². The Morgan fingerprint density at radius 2 is 2.04 bits per heavy atom. The quantitative estimate of drug-likeness (QED) is 0.723. The second kappa shape index (κ2) is 7.51. The molecule has 1 fully saturated rings. The van der Waals surface area contributed by atoms with Crippen molar-refractivity contribution in [2.45, 2.75) is 52.0 Å². The Hall–Kier alpha value is -1.96. The van der Waals surface area contributed by atoms with Crippen LogP contribution in [0.1, 0.15) is 29.1 Å². The molecular formula is C18H25N3O4. The number of pyridine rings is 1. The fourth-order valence-corrected chi connectivity index (χ4v) is 3.27. The molecule has 2 aromatic heterocycles. The highest BCUT2D eigenvalue weighted by atomic mass is 16.5. The molecule has 0 unspecified atom stereocenters. The van der Waals surface area contributed by atoms with Crippen molar-refractivity contribution in [3.05, 3.63) is 40.9 Å². The van der Waals surface area contributed by atoms with E-state index in [1.54, 1.807) is 6.07 Å². The Kier molecular flexibility index (Phi) is 5.36. The van der Waals surface area contributed by atoms with Gasteiger partial charge in [0.2, 0.25) is 5.88 Å². The molecule has 25 heavy (non-hydrogen) atoms. The van der Waals surface area contributed by atoms with Gasteiger partial charge in [0.05, 0.1) is 24.5 Å². The average Bonchev–Trinajstić information content (AvgIpc) is 3.04. The molecule has 0 aromatic carbocycles. The maximum absolute atomic E-state index is 10.3. The Labute approximate surface area is 147 Å². The normalized spacial score (nSPS) is 26.1. The Morgan fingerprint density at radius 3 is 2.72 bits per heavy atom. The number of hydrogen-bond acceptors (Lipinski definition) is 7. The minimum absolute atomic E-state index is 0.153. The summed E-state index contributed by atoms with van der Waals surface area (Å²) < 4.78 is 10.8. The van der Waals surface area contributed by atoms with E-state index in [1.807, 2.05) is 32.9 Å². The first kappa shape index (κ1) is 17.8. The molecule has 2 heterocycles. The van der Waals surface area contributed by atoms with Crippen molar-refractivity contribution in [3.63, 3.8) is 0 Å². The smallest absolute Gasteiger partial charge is 0.213 e. The van der Waals surface area contributed by atoms with Crippen LogP contribution in [0.2, 0.25) is 0 Å². The SMILES string of the molecule is Cc1cccc(OC[C@H]2C[C@@H](NCc3c(C)noc3C)[C@H](O)[C@@H]2O)n1. The summed E-state index contributed by atoms with van der Waals surface area (Å²) in [4.78, 5) is 4.29. The van der Waals surface area contributed by atoms with E-state index in [0.29, 0.717) is 25.5 Å². The lowest BCUT2D eigenvalue weighted by Crippen LogP contribution is -2.39. The summed E-state index contributed by atoms with van der Waals surface area (Å²) in [6.45, 7) is 6.51. The molecule has 1 saturated carbocycles. The summed E-state index contributed by atoms with van der Waals surface area (Å²) in [5.41, 5.74) is 2.71. The third kappa shape index (κ3) is 4.00. The molecule has 1 aliphatic rings. The first-order chi connectivity index (χ1) is 12.0. The molecule has 0 aliphatic heterocycles. The summed E-state index contributed by atoms with van der Waals surface area (Å²) >= 11 is 0. The van der Waals surface area contributed by atoms with Crippen LogP contribution in [0.25, 0.3) is 0 Å². The monoisotopic (exact) mass is 347 g/mol. The van der Waals surface area contributed by atoms with Crippen LogP contribution in [0.15, 0.2) is 22.7 Å². The number of ether oxygens (including phenoxy) is 1. The van der Waals surface area contributed by atoms with E-state index in [2.05, 4.69) is 15.5 Å². The zero-order valence-corrected chi connectivity index (χ0v) is 14.8.